The largest absolute Gasteiger partial charge is 0.493 e. The SMILES string of the molecule is CCC1(CC)CC(=O)N([C@@H]2CCOc3ccc(C(=O)N[C@@H]4c5cc(C)ccc5OC(C)(C)[C@H]4O)cc32)C(=N)N1. The zero-order valence-corrected chi connectivity index (χ0v) is 23.3. The molecule has 3 heterocycles. The van der Waals surface area contributed by atoms with Crippen LogP contribution in [0.4, 0.5) is 0 Å². The maximum atomic E-state index is 13.6. The summed E-state index contributed by atoms with van der Waals surface area (Å²) in [4.78, 5) is 28.5. The van der Waals surface area contributed by atoms with Crippen molar-refractivity contribution in [3.05, 3.63) is 58.7 Å². The highest BCUT2D eigenvalue weighted by atomic mass is 16.5. The predicted octanol–water partition coefficient (Wildman–Crippen LogP) is 4.14. The zero-order valence-electron chi connectivity index (χ0n) is 23.3. The van der Waals surface area contributed by atoms with E-state index in [-0.39, 0.29) is 17.8 Å². The van der Waals surface area contributed by atoms with Crippen LogP contribution in [-0.4, -0.2) is 51.6 Å². The number of amides is 2. The molecule has 4 N–H and O–H groups in total. The van der Waals surface area contributed by atoms with E-state index >= 15 is 0 Å². The zero-order chi connectivity index (χ0) is 28.1. The molecule has 0 bridgehead atoms. The lowest BCUT2D eigenvalue weighted by atomic mass is 9.85. The summed E-state index contributed by atoms with van der Waals surface area (Å²) in [5.74, 6) is 0.853. The van der Waals surface area contributed by atoms with Crippen LogP contribution in [0.15, 0.2) is 36.4 Å². The first-order valence-corrected chi connectivity index (χ1v) is 13.7. The minimum atomic E-state index is -0.973. The van der Waals surface area contributed by atoms with Gasteiger partial charge in [-0.15, -0.1) is 0 Å². The van der Waals surface area contributed by atoms with E-state index in [4.69, 9.17) is 14.9 Å². The summed E-state index contributed by atoms with van der Waals surface area (Å²) < 4.78 is 11.9. The van der Waals surface area contributed by atoms with Gasteiger partial charge >= 0.3 is 0 Å². The molecule has 0 aromatic heterocycles. The molecule has 9 nitrogen and oxygen atoms in total. The number of rotatable bonds is 5. The smallest absolute Gasteiger partial charge is 0.251 e. The third-order valence-corrected chi connectivity index (χ3v) is 8.52. The fourth-order valence-corrected chi connectivity index (χ4v) is 5.95. The first-order valence-electron chi connectivity index (χ1n) is 13.7. The van der Waals surface area contributed by atoms with E-state index in [0.29, 0.717) is 42.1 Å². The van der Waals surface area contributed by atoms with Crippen LogP contribution in [0.5, 0.6) is 11.5 Å². The third-order valence-electron chi connectivity index (χ3n) is 8.52. The lowest BCUT2D eigenvalue weighted by Crippen LogP contribution is -2.62. The average Bonchev–Trinajstić information content (AvgIpc) is 2.91. The Morgan fingerprint density at radius 1 is 1.15 bits per heavy atom. The van der Waals surface area contributed by atoms with Gasteiger partial charge in [0.15, 0.2) is 5.96 Å². The van der Waals surface area contributed by atoms with Crippen LogP contribution in [0.2, 0.25) is 0 Å². The Morgan fingerprint density at radius 3 is 2.56 bits per heavy atom. The Kier molecular flexibility index (Phi) is 6.83. The van der Waals surface area contributed by atoms with Crippen molar-refractivity contribution in [3.63, 3.8) is 0 Å². The summed E-state index contributed by atoms with van der Waals surface area (Å²) in [6, 6.07) is 9.80. The van der Waals surface area contributed by atoms with Gasteiger partial charge in [-0.05, 0) is 57.9 Å². The van der Waals surface area contributed by atoms with Gasteiger partial charge in [0.05, 0.1) is 25.1 Å². The summed E-state index contributed by atoms with van der Waals surface area (Å²) in [7, 11) is 0. The highest BCUT2D eigenvalue weighted by Gasteiger charge is 2.45. The van der Waals surface area contributed by atoms with Crippen molar-refractivity contribution in [2.45, 2.75) is 89.6 Å². The number of fused-ring (bicyclic) bond motifs is 2. The Labute approximate surface area is 229 Å². The van der Waals surface area contributed by atoms with E-state index < -0.39 is 29.3 Å². The third kappa shape index (κ3) is 4.73. The molecule has 3 atom stereocenters. The van der Waals surface area contributed by atoms with E-state index in [2.05, 4.69) is 10.6 Å². The molecule has 0 unspecified atom stereocenters. The quantitative estimate of drug-likeness (QED) is 0.457. The Hall–Kier alpha value is -3.59. The van der Waals surface area contributed by atoms with Gasteiger partial charge in [0.25, 0.3) is 5.91 Å². The van der Waals surface area contributed by atoms with Gasteiger partial charge < -0.3 is 25.2 Å². The maximum Gasteiger partial charge on any atom is 0.251 e. The standard InChI is InChI=1S/C30H38N4O5/c1-6-30(7-2)16-24(35)34(28(31)33-30)21-12-13-38-22-11-9-18(15-19(21)22)27(37)32-25-20-14-17(3)8-10-23(20)39-29(4,5)26(25)36/h8-11,14-15,21,25-26,36H,6-7,12-13,16H2,1-5H3,(H2,31,33)(H,32,37)/t21-,25-,26+/m1/s1. The molecular formula is C30H38N4O5. The van der Waals surface area contributed by atoms with Crippen molar-refractivity contribution in [2.75, 3.05) is 6.61 Å². The lowest BCUT2D eigenvalue weighted by molar-refractivity contribution is -0.133. The molecule has 39 heavy (non-hydrogen) atoms. The van der Waals surface area contributed by atoms with Gasteiger partial charge in [-0.1, -0.05) is 31.5 Å². The fraction of sp³-hybridized carbons (Fsp3) is 0.500. The van der Waals surface area contributed by atoms with Gasteiger partial charge in [-0.25, -0.2) is 0 Å². The van der Waals surface area contributed by atoms with Crippen molar-refractivity contribution in [2.24, 2.45) is 0 Å². The molecular weight excluding hydrogens is 496 g/mol. The second-order valence-electron chi connectivity index (χ2n) is 11.4. The van der Waals surface area contributed by atoms with Crippen molar-refractivity contribution >= 4 is 17.8 Å². The van der Waals surface area contributed by atoms with Crippen LogP contribution < -0.4 is 20.1 Å². The van der Waals surface area contributed by atoms with Gasteiger partial charge in [-0.2, -0.15) is 0 Å². The van der Waals surface area contributed by atoms with Crippen LogP contribution in [0.25, 0.3) is 0 Å². The second-order valence-corrected chi connectivity index (χ2v) is 11.4. The van der Waals surface area contributed by atoms with Gasteiger partial charge in [-0.3, -0.25) is 19.9 Å². The Balaban J connectivity index is 1.44. The summed E-state index contributed by atoms with van der Waals surface area (Å²) in [6.07, 6.45) is 1.35. The van der Waals surface area contributed by atoms with Crippen molar-refractivity contribution in [1.82, 2.24) is 15.5 Å². The first-order chi connectivity index (χ1) is 18.5. The number of nitrogens with zero attached hydrogens (tertiary/aromatic N) is 1. The van der Waals surface area contributed by atoms with Gasteiger partial charge in [0.2, 0.25) is 5.91 Å². The molecule has 208 valence electrons. The minimum absolute atomic E-state index is 0.0854. The van der Waals surface area contributed by atoms with Crippen LogP contribution in [0.3, 0.4) is 0 Å². The van der Waals surface area contributed by atoms with E-state index in [0.717, 1.165) is 24.0 Å². The monoisotopic (exact) mass is 534 g/mol. The summed E-state index contributed by atoms with van der Waals surface area (Å²) >= 11 is 0. The molecule has 2 amide bonds. The lowest BCUT2D eigenvalue weighted by Gasteiger charge is -2.45. The van der Waals surface area contributed by atoms with Crippen molar-refractivity contribution in [1.29, 1.82) is 5.41 Å². The number of hydrogen-bond donors (Lipinski definition) is 4. The van der Waals surface area contributed by atoms with Crippen molar-refractivity contribution < 1.29 is 24.2 Å². The molecule has 1 fully saturated rings. The molecule has 9 heteroatoms. The number of carbonyl (C=O) groups excluding carboxylic acids is 2. The average molecular weight is 535 g/mol. The summed E-state index contributed by atoms with van der Waals surface area (Å²) in [6.45, 7) is 10.0. The van der Waals surface area contributed by atoms with Gasteiger partial charge in [0.1, 0.15) is 23.2 Å². The maximum absolute atomic E-state index is 13.6. The van der Waals surface area contributed by atoms with Gasteiger partial charge in [0, 0.05) is 28.7 Å². The molecule has 2 aromatic rings. The molecule has 0 radical (unpaired) electrons. The first kappa shape index (κ1) is 27.0. The number of benzene rings is 2. The van der Waals surface area contributed by atoms with E-state index in [1.54, 1.807) is 32.0 Å². The fourth-order valence-electron chi connectivity index (χ4n) is 5.95. The van der Waals surface area contributed by atoms with Crippen LogP contribution in [-0.2, 0) is 4.79 Å². The summed E-state index contributed by atoms with van der Waals surface area (Å²) in [5.41, 5.74) is 1.49. The molecule has 0 spiro atoms. The highest BCUT2D eigenvalue weighted by Crippen LogP contribution is 2.42. The molecule has 0 aliphatic carbocycles. The number of hydrogen-bond acceptors (Lipinski definition) is 6. The number of aryl methyl sites for hydroxylation is 1. The minimum Gasteiger partial charge on any atom is -0.493 e. The molecule has 1 saturated heterocycles. The van der Waals surface area contributed by atoms with E-state index in [1.807, 2.05) is 39.0 Å². The predicted molar refractivity (Wildman–Crippen MR) is 147 cm³/mol. The van der Waals surface area contributed by atoms with Crippen LogP contribution >= 0.6 is 0 Å². The molecule has 3 aliphatic heterocycles. The number of ether oxygens (including phenoxy) is 2. The van der Waals surface area contributed by atoms with Crippen LogP contribution in [0, 0.1) is 12.3 Å². The highest BCUT2D eigenvalue weighted by molar-refractivity contribution is 6.00. The number of nitrogens with one attached hydrogen (secondary N) is 3. The molecule has 5 rings (SSSR count). The molecule has 0 saturated carbocycles. The number of aliphatic hydroxyl groups is 1. The number of carbonyl (C=O) groups is 2. The molecule has 2 aromatic carbocycles. The Morgan fingerprint density at radius 2 is 1.87 bits per heavy atom. The number of aliphatic hydroxyl groups excluding tert-OH is 1. The topological polar surface area (TPSA) is 124 Å². The second kappa shape index (κ2) is 9.86. The van der Waals surface area contributed by atoms with Crippen LogP contribution in [0.1, 0.15) is 92.5 Å². The number of guanidine groups is 1. The Bertz CT molecular complexity index is 1300. The molecule has 3 aliphatic rings. The summed E-state index contributed by atoms with van der Waals surface area (Å²) in [5, 5.41) is 26.2. The van der Waals surface area contributed by atoms with E-state index in [1.165, 1.54) is 4.90 Å². The normalized spacial score (nSPS) is 25.0. The van der Waals surface area contributed by atoms with Crippen molar-refractivity contribution in [3.8, 4) is 11.5 Å². The van der Waals surface area contributed by atoms with E-state index in [9.17, 15) is 14.7 Å².